The Morgan fingerprint density at radius 2 is 2.17 bits per heavy atom. The Morgan fingerprint density at radius 1 is 1.42 bits per heavy atom. The number of rotatable bonds is 1. The van der Waals surface area contributed by atoms with Crippen LogP contribution >= 0.6 is 11.8 Å². The molecule has 1 unspecified atom stereocenters. The van der Waals surface area contributed by atoms with Crippen LogP contribution < -0.4 is 5.32 Å². The average molecular weight is 179 g/mol. The van der Waals surface area contributed by atoms with Crippen LogP contribution in [0.5, 0.6) is 0 Å². The second-order valence-corrected chi connectivity index (χ2v) is 3.62. The number of hydrogen-bond donors (Lipinski definition) is 1. The maximum Gasteiger partial charge on any atom is 0.252 e. The van der Waals surface area contributed by atoms with E-state index >= 15 is 0 Å². The number of thioether (sulfide) groups is 1. The van der Waals surface area contributed by atoms with Crippen molar-refractivity contribution in [2.45, 2.75) is 5.37 Å². The number of benzene rings is 1. The van der Waals surface area contributed by atoms with Gasteiger partial charge in [-0.3, -0.25) is 4.79 Å². The van der Waals surface area contributed by atoms with Crippen LogP contribution in [0.25, 0.3) is 0 Å². The number of amides is 1. The zero-order valence-corrected chi connectivity index (χ0v) is 7.52. The molecule has 0 spiro atoms. The number of carbonyl (C=O) groups is 1. The fourth-order valence-electron chi connectivity index (χ4n) is 1.39. The average Bonchev–Trinajstić information content (AvgIpc) is 2.44. The zero-order valence-electron chi connectivity index (χ0n) is 6.70. The monoisotopic (exact) mass is 179 g/mol. The predicted molar refractivity (Wildman–Crippen MR) is 50.2 cm³/mol. The van der Waals surface area contributed by atoms with Crippen molar-refractivity contribution in [1.29, 1.82) is 0 Å². The standard InChI is InChI=1S/C9H9NOS/c1-12-9-7-5-3-2-4-6(7)8(11)10-9/h2-5,9H,1H3,(H,10,11). The van der Waals surface area contributed by atoms with Gasteiger partial charge in [-0.15, -0.1) is 11.8 Å². The van der Waals surface area contributed by atoms with Crippen molar-refractivity contribution >= 4 is 17.7 Å². The van der Waals surface area contributed by atoms with Crippen LogP contribution in [0.2, 0.25) is 0 Å². The molecule has 2 nitrogen and oxygen atoms in total. The van der Waals surface area contributed by atoms with E-state index in [0.29, 0.717) is 0 Å². The third kappa shape index (κ3) is 1.01. The molecule has 1 heterocycles. The maximum absolute atomic E-state index is 11.3. The molecule has 0 fully saturated rings. The van der Waals surface area contributed by atoms with Gasteiger partial charge < -0.3 is 5.32 Å². The summed E-state index contributed by atoms with van der Waals surface area (Å²) in [5.41, 5.74) is 1.92. The van der Waals surface area contributed by atoms with E-state index in [0.717, 1.165) is 11.1 Å². The lowest BCUT2D eigenvalue weighted by atomic mass is 10.1. The van der Waals surface area contributed by atoms with Crippen molar-refractivity contribution in [2.24, 2.45) is 0 Å². The molecule has 62 valence electrons. The highest BCUT2D eigenvalue weighted by molar-refractivity contribution is 7.98. The first-order valence-corrected chi connectivity index (χ1v) is 5.04. The number of carbonyl (C=O) groups excluding carboxylic acids is 1. The fraction of sp³-hybridized carbons (Fsp3) is 0.222. The Balaban J connectivity index is 2.50. The second-order valence-electron chi connectivity index (χ2n) is 2.68. The second kappa shape index (κ2) is 2.83. The van der Waals surface area contributed by atoms with Crippen molar-refractivity contribution in [2.75, 3.05) is 6.26 Å². The third-order valence-corrected chi connectivity index (χ3v) is 2.83. The van der Waals surface area contributed by atoms with E-state index in [1.165, 1.54) is 0 Å². The molecule has 12 heavy (non-hydrogen) atoms. The van der Waals surface area contributed by atoms with Crippen molar-refractivity contribution in [1.82, 2.24) is 5.32 Å². The van der Waals surface area contributed by atoms with Gasteiger partial charge in [0.15, 0.2) is 0 Å². The molecule has 0 aromatic heterocycles. The first-order chi connectivity index (χ1) is 5.83. The summed E-state index contributed by atoms with van der Waals surface area (Å²) in [5.74, 6) is 0.0463. The summed E-state index contributed by atoms with van der Waals surface area (Å²) < 4.78 is 0. The summed E-state index contributed by atoms with van der Waals surface area (Å²) >= 11 is 1.65. The lowest BCUT2D eigenvalue weighted by molar-refractivity contribution is 0.0965. The van der Waals surface area contributed by atoms with Gasteiger partial charge in [-0.25, -0.2) is 0 Å². The van der Waals surface area contributed by atoms with E-state index in [2.05, 4.69) is 5.32 Å². The minimum atomic E-state index is 0.0463. The molecule has 1 aliphatic heterocycles. The smallest absolute Gasteiger partial charge is 0.252 e. The van der Waals surface area contributed by atoms with Gasteiger partial charge in [0.05, 0.1) is 0 Å². The largest absolute Gasteiger partial charge is 0.336 e. The first kappa shape index (κ1) is 7.68. The lowest BCUT2D eigenvalue weighted by Crippen LogP contribution is -2.16. The molecule has 0 bridgehead atoms. The Hall–Kier alpha value is -0.960. The van der Waals surface area contributed by atoms with E-state index in [9.17, 15) is 4.79 Å². The fourth-order valence-corrected chi connectivity index (χ4v) is 2.08. The molecule has 0 aliphatic carbocycles. The molecule has 1 aromatic carbocycles. The topological polar surface area (TPSA) is 29.1 Å². The minimum absolute atomic E-state index is 0.0463. The zero-order chi connectivity index (χ0) is 8.55. The van der Waals surface area contributed by atoms with Gasteiger partial charge >= 0.3 is 0 Å². The van der Waals surface area contributed by atoms with E-state index in [-0.39, 0.29) is 11.3 Å². The van der Waals surface area contributed by atoms with Crippen LogP contribution in [0.1, 0.15) is 21.3 Å². The molecule has 1 atom stereocenters. The van der Waals surface area contributed by atoms with Gasteiger partial charge in [0.2, 0.25) is 0 Å². The van der Waals surface area contributed by atoms with E-state index in [1.807, 2.05) is 30.5 Å². The molecular weight excluding hydrogens is 170 g/mol. The van der Waals surface area contributed by atoms with E-state index in [1.54, 1.807) is 11.8 Å². The van der Waals surface area contributed by atoms with Crippen LogP contribution in [0.15, 0.2) is 24.3 Å². The Labute approximate surface area is 75.4 Å². The Kier molecular flexibility index (Phi) is 1.81. The summed E-state index contributed by atoms with van der Waals surface area (Å²) in [6.45, 7) is 0. The quantitative estimate of drug-likeness (QED) is 0.712. The van der Waals surface area contributed by atoms with Crippen molar-refractivity contribution in [3.05, 3.63) is 35.4 Å². The molecule has 1 amide bonds. The van der Waals surface area contributed by atoms with E-state index in [4.69, 9.17) is 0 Å². The minimum Gasteiger partial charge on any atom is -0.336 e. The highest BCUT2D eigenvalue weighted by atomic mass is 32.2. The van der Waals surface area contributed by atoms with Crippen LogP contribution in [-0.4, -0.2) is 12.2 Å². The van der Waals surface area contributed by atoms with Crippen molar-refractivity contribution in [3.8, 4) is 0 Å². The molecular formula is C9H9NOS. The summed E-state index contributed by atoms with van der Waals surface area (Å²) in [6.07, 6.45) is 1.99. The van der Waals surface area contributed by atoms with Gasteiger partial charge in [0.25, 0.3) is 5.91 Å². The third-order valence-electron chi connectivity index (χ3n) is 1.99. The molecule has 2 rings (SSSR count). The highest BCUT2D eigenvalue weighted by Gasteiger charge is 2.26. The van der Waals surface area contributed by atoms with Crippen LogP contribution in [0, 0.1) is 0 Å². The first-order valence-electron chi connectivity index (χ1n) is 3.75. The maximum atomic E-state index is 11.3. The van der Waals surface area contributed by atoms with Gasteiger partial charge in [-0.05, 0) is 17.9 Å². The normalized spacial score (nSPS) is 20.4. The summed E-state index contributed by atoms with van der Waals surface area (Å²) in [5, 5.41) is 3.04. The molecule has 0 saturated heterocycles. The van der Waals surface area contributed by atoms with Crippen LogP contribution in [0.4, 0.5) is 0 Å². The van der Waals surface area contributed by atoms with Crippen molar-refractivity contribution in [3.63, 3.8) is 0 Å². The molecule has 3 heteroatoms. The van der Waals surface area contributed by atoms with Gasteiger partial charge in [0.1, 0.15) is 5.37 Å². The van der Waals surface area contributed by atoms with Crippen LogP contribution in [0.3, 0.4) is 0 Å². The van der Waals surface area contributed by atoms with Gasteiger partial charge in [-0.1, -0.05) is 18.2 Å². The number of fused-ring (bicyclic) bond motifs is 1. The number of hydrogen-bond acceptors (Lipinski definition) is 2. The molecule has 1 N–H and O–H groups in total. The van der Waals surface area contributed by atoms with Crippen LogP contribution in [-0.2, 0) is 0 Å². The highest BCUT2D eigenvalue weighted by Crippen LogP contribution is 2.31. The van der Waals surface area contributed by atoms with Gasteiger partial charge in [-0.2, -0.15) is 0 Å². The molecule has 0 saturated carbocycles. The van der Waals surface area contributed by atoms with E-state index < -0.39 is 0 Å². The SMILES string of the molecule is CSC1NC(=O)c2ccccc21. The molecule has 0 radical (unpaired) electrons. The Bertz CT molecular complexity index is 324. The molecule has 1 aromatic rings. The summed E-state index contributed by atoms with van der Waals surface area (Å²) in [6, 6.07) is 7.71. The Morgan fingerprint density at radius 3 is 2.92 bits per heavy atom. The van der Waals surface area contributed by atoms with Crippen molar-refractivity contribution < 1.29 is 4.79 Å². The predicted octanol–water partition coefficient (Wildman–Crippen LogP) is 1.79. The molecule has 1 aliphatic rings. The van der Waals surface area contributed by atoms with Gasteiger partial charge in [0, 0.05) is 5.56 Å². The number of nitrogens with one attached hydrogen (secondary N) is 1. The summed E-state index contributed by atoms with van der Waals surface area (Å²) in [4.78, 5) is 11.3. The summed E-state index contributed by atoms with van der Waals surface area (Å²) in [7, 11) is 0. The lowest BCUT2D eigenvalue weighted by Gasteiger charge is -2.05.